The standard InChI is InChI=1S/C10H8Cl2O2S/c1-2-5-13-9-6-7(14-10(12)15)3-4-8(9)11/h2-4,6H,1,5H2. The van der Waals surface area contributed by atoms with Gasteiger partial charge in [-0.05, 0) is 36.0 Å². The maximum absolute atomic E-state index is 5.89. The van der Waals surface area contributed by atoms with Gasteiger partial charge in [0, 0.05) is 6.07 Å². The number of hydrogen-bond donors (Lipinski definition) is 0. The van der Waals surface area contributed by atoms with Crippen molar-refractivity contribution in [3.05, 3.63) is 35.9 Å². The summed E-state index contributed by atoms with van der Waals surface area (Å²) in [6, 6.07) is 4.91. The van der Waals surface area contributed by atoms with Gasteiger partial charge in [-0.25, -0.2) is 0 Å². The molecule has 2 nitrogen and oxygen atoms in total. The summed E-state index contributed by atoms with van der Waals surface area (Å²) in [5.41, 5.74) is 0. The van der Waals surface area contributed by atoms with Crippen LogP contribution in [0.15, 0.2) is 30.9 Å². The van der Waals surface area contributed by atoms with Gasteiger partial charge in [-0.15, -0.1) is 0 Å². The third-order valence-corrected chi connectivity index (χ3v) is 1.93. The summed E-state index contributed by atoms with van der Waals surface area (Å²) in [5, 5.41) is 0.490. The second-order valence-corrected chi connectivity index (χ2v) is 3.88. The third-order valence-electron chi connectivity index (χ3n) is 1.46. The lowest BCUT2D eigenvalue weighted by Crippen LogP contribution is -1.98. The first kappa shape index (κ1) is 12.3. The molecule has 0 N–H and O–H groups in total. The zero-order valence-electron chi connectivity index (χ0n) is 7.70. The molecule has 0 aliphatic heterocycles. The van der Waals surface area contributed by atoms with Gasteiger partial charge in [0.25, 0.3) is 4.51 Å². The van der Waals surface area contributed by atoms with Crippen LogP contribution in [0.25, 0.3) is 0 Å². The molecule has 0 heterocycles. The van der Waals surface area contributed by atoms with Gasteiger partial charge in [0.2, 0.25) is 0 Å². The minimum Gasteiger partial charge on any atom is -0.488 e. The van der Waals surface area contributed by atoms with Crippen molar-refractivity contribution in [2.45, 2.75) is 0 Å². The van der Waals surface area contributed by atoms with Crippen LogP contribution < -0.4 is 9.47 Å². The Morgan fingerprint density at radius 3 is 2.87 bits per heavy atom. The molecule has 5 heteroatoms. The minimum absolute atomic E-state index is 0.0769. The quantitative estimate of drug-likeness (QED) is 0.467. The highest BCUT2D eigenvalue weighted by Gasteiger charge is 2.04. The van der Waals surface area contributed by atoms with Crippen LogP contribution in [0.3, 0.4) is 0 Å². The largest absolute Gasteiger partial charge is 0.488 e. The van der Waals surface area contributed by atoms with Gasteiger partial charge in [-0.1, -0.05) is 24.3 Å². The number of thiocarbonyl (C=S) groups is 1. The molecule has 1 aromatic rings. The number of ether oxygens (including phenoxy) is 2. The molecule has 0 fully saturated rings. The van der Waals surface area contributed by atoms with E-state index in [2.05, 4.69) is 18.8 Å². The molecule has 0 unspecified atom stereocenters. The average Bonchev–Trinajstić information content (AvgIpc) is 2.18. The van der Waals surface area contributed by atoms with Crippen molar-refractivity contribution in [1.82, 2.24) is 0 Å². The van der Waals surface area contributed by atoms with E-state index >= 15 is 0 Å². The van der Waals surface area contributed by atoms with Crippen molar-refractivity contribution in [2.24, 2.45) is 0 Å². The Kier molecular flexibility index (Phi) is 4.88. The van der Waals surface area contributed by atoms with Crippen molar-refractivity contribution in [3.8, 4) is 11.5 Å². The van der Waals surface area contributed by atoms with Crippen molar-refractivity contribution >= 4 is 39.9 Å². The molecule has 0 atom stereocenters. The second kappa shape index (κ2) is 5.95. The van der Waals surface area contributed by atoms with Gasteiger partial charge < -0.3 is 9.47 Å². The maximum atomic E-state index is 5.89. The lowest BCUT2D eigenvalue weighted by molar-refractivity contribution is 0.362. The van der Waals surface area contributed by atoms with E-state index in [0.29, 0.717) is 23.1 Å². The molecule has 0 aliphatic rings. The van der Waals surface area contributed by atoms with Crippen LogP contribution in [0, 0.1) is 0 Å². The summed E-state index contributed by atoms with van der Waals surface area (Å²) >= 11 is 15.9. The summed E-state index contributed by atoms with van der Waals surface area (Å²) in [7, 11) is 0. The Labute approximate surface area is 103 Å². The number of halogens is 2. The van der Waals surface area contributed by atoms with Gasteiger partial charge in [-0.2, -0.15) is 0 Å². The number of rotatable bonds is 4. The van der Waals surface area contributed by atoms with Gasteiger partial charge in [0.1, 0.15) is 18.1 Å². The van der Waals surface area contributed by atoms with Gasteiger partial charge in [-0.3, -0.25) is 0 Å². The molecule has 0 spiro atoms. The summed E-state index contributed by atoms with van der Waals surface area (Å²) in [5.74, 6) is 0.987. The Hall–Kier alpha value is -0.770. The van der Waals surface area contributed by atoms with E-state index in [0.717, 1.165) is 0 Å². The van der Waals surface area contributed by atoms with E-state index in [9.17, 15) is 0 Å². The Morgan fingerprint density at radius 2 is 2.27 bits per heavy atom. The first-order valence-corrected chi connectivity index (χ1v) is 5.20. The van der Waals surface area contributed by atoms with E-state index < -0.39 is 0 Å². The van der Waals surface area contributed by atoms with E-state index in [1.807, 2.05) is 0 Å². The molecule has 0 aromatic heterocycles. The first-order chi connectivity index (χ1) is 7.13. The second-order valence-electron chi connectivity index (χ2n) is 2.53. The predicted molar refractivity (Wildman–Crippen MR) is 66.2 cm³/mol. The van der Waals surface area contributed by atoms with Crippen LogP contribution >= 0.6 is 35.4 Å². The summed E-state index contributed by atoms with van der Waals surface area (Å²) in [6.07, 6.45) is 1.62. The van der Waals surface area contributed by atoms with E-state index in [1.165, 1.54) is 0 Å². The van der Waals surface area contributed by atoms with Crippen molar-refractivity contribution in [3.63, 3.8) is 0 Å². The normalized spacial score (nSPS) is 9.47. The minimum atomic E-state index is -0.0769. The third kappa shape index (κ3) is 4.08. The molecule has 0 amide bonds. The SMILES string of the molecule is C=CCOc1cc(OC(=S)Cl)ccc1Cl. The van der Waals surface area contributed by atoms with Crippen molar-refractivity contribution in [2.75, 3.05) is 6.61 Å². The summed E-state index contributed by atoms with van der Waals surface area (Å²) in [4.78, 5) is 0. The highest BCUT2D eigenvalue weighted by molar-refractivity contribution is 7.82. The highest BCUT2D eigenvalue weighted by atomic mass is 35.5. The molecule has 0 saturated carbocycles. The maximum Gasteiger partial charge on any atom is 0.260 e. The van der Waals surface area contributed by atoms with Crippen LogP contribution in [0.5, 0.6) is 11.5 Å². The van der Waals surface area contributed by atoms with Crippen molar-refractivity contribution in [1.29, 1.82) is 0 Å². The molecular weight excluding hydrogens is 255 g/mol. The van der Waals surface area contributed by atoms with Gasteiger partial charge >= 0.3 is 0 Å². The lowest BCUT2D eigenvalue weighted by atomic mass is 10.3. The molecule has 1 rings (SSSR count). The molecule has 80 valence electrons. The fourth-order valence-corrected chi connectivity index (χ4v) is 1.26. The Bertz CT molecular complexity index is 380. The van der Waals surface area contributed by atoms with Crippen LogP contribution in [0.2, 0.25) is 5.02 Å². The van der Waals surface area contributed by atoms with Crippen LogP contribution in [0.4, 0.5) is 0 Å². The Morgan fingerprint density at radius 1 is 1.53 bits per heavy atom. The molecule has 0 saturated heterocycles. The molecule has 1 aromatic carbocycles. The topological polar surface area (TPSA) is 18.5 Å². The first-order valence-electron chi connectivity index (χ1n) is 4.04. The smallest absolute Gasteiger partial charge is 0.260 e. The fraction of sp³-hybridized carbons (Fsp3) is 0.100. The molecule has 0 aliphatic carbocycles. The highest BCUT2D eigenvalue weighted by Crippen LogP contribution is 2.29. The molecule has 0 bridgehead atoms. The molecular formula is C10H8Cl2O2S. The van der Waals surface area contributed by atoms with E-state index in [1.54, 1.807) is 24.3 Å². The van der Waals surface area contributed by atoms with E-state index in [-0.39, 0.29) is 4.51 Å². The summed E-state index contributed by atoms with van der Waals surface area (Å²) < 4.78 is 10.2. The van der Waals surface area contributed by atoms with Crippen LogP contribution in [-0.2, 0) is 0 Å². The van der Waals surface area contributed by atoms with E-state index in [4.69, 9.17) is 32.7 Å². The predicted octanol–water partition coefficient (Wildman–Crippen LogP) is 3.81. The number of hydrogen-bond acceptors (Lipinski definition) is 3. The van der Waals surface area contributed by atoms with Crippen molar-refractivity contribution < 1.29 is 9.47 Å². The zero-order chi connectivity index (χ0) is 11.3. The summed E-state index contributed by atoms with van der Waals surface area (Å²) in [6.45, 7) is 3.90. The van der Waals surface area contributed by atoms with Crippen LogP contribution in [-0.4, -0.2) is 11.1 Å². The zero-order valence-corrected chi connectivity index (χ0v) is 10.0. The fourth-order valence-electron chi connectivity index (χ4n) is 0.899. The van der Waals surface area contributed by atoms with Crippen LogP contribution in [0.1, 0.15) is 0 Å². The number of benzene rings is 1. The Balaban J connectivity index is 2.84. The van der Waals surface area contributed by atoms with Gasteiger partial charge in [0.15, 0.2) is 0 Å². The lowest BCUT2D eigenvalue weighted by Gasteiger charge is -2.07. The monoisotopic (exact) mass is 262 g/mol. The van der Waals surface area contributed by atoms with Gasteiger partial charge in [0.05, 0.1) is 5.02 Å². The molecule has 15 heavy (non-hydrogen) atoms. The molecule has 0 radical (unpaired) electrons. The average molecular weight is 263 g/mol.